The van der Waals surface area contributed by atoms with E-state index in [0.717, 1.165) is 24.6 Å². The fourth-order valence-electron chi connectivity index (χ4n) is 3.17. The Kier molecular flexibility index (Phi) is 3.76. The molecule has 2 aliphatic carbocycles. The van der Waals surface area contributed by atoms with Gasteiger partial charge in [-0.2, -0.15) is 0 Å². The maximum Gasteiger partial charge on any atom is 0.293 e. The number of carbonyl (C=O) groups excluding carboxylic acids is 1. The van der Waals surface area contributed by atoms with E-state index in [1.165, 1.54) is 32.1 Å². The number of carbonyl (C=O) groups is 1. The quantitative estimate of drug-likeness (QED) is 0.919. The first-order valence-electron chi connectivity index (χ1n) is 7.88. The fourth-order valence-corrected chi connectivity index (χ4v) is 3.17. The van der Waals surface area contributed by atoms with Crippen LogP contribution in [0.4, 0.5) is 0 Å². The minimum Gasteiger partial charge on any atom is -0.336 e. The molecule has 1 heterocycles. The van der Waals surface area contributed by atoms with Gasteiger partial charge in [0.15, 0.2) is 0 Å². The highest BCUT2D eigenvalue weighted by Gasteiger charge is 2.31. The van der Waals surface area contributed by atoms with Crippen LogP contribution in [-0.4, -0.2) is 39.1 Å². The predicted molar refractivity (Wildman–Crippen MR) is 76.5 cm³/mol. The van der Waals surface area contributed by atoms with Crippen LogP contribution in [0.25, 0.3) is 0 Å². The van der Waals surface area contributed by atoms with Crippen molar-refractivity contribution >= 4 is 5.91 Å². The van der Waals surface area contributed by atoms with Crippen molar-refractivity contribution < 1.29 is 4.79 Å². The fraction of sp³-hybridized carbons (Fsp3) is 0.800. The third kappa shape index (κ3) is 2.72. The summed E-state index contributed by atoms with van der Waals surface area (Å²) in [4.78, 5) is 18.6. The zero-order valence-corrected chi connectivity index (χ0v) is 12.4. The molecule has 1 aromatic rings. The Morgan fingerprint density at radius 3 is 2.55 bits per heavy atom. The van der Waals surface area contributed by atoms with E-state index in [9.17, 15) is 4.79 Å². The molecule has 110 valence electrons. The van der Waals surface area contributed by atoms with Gasteiger partial charge in [0.05, 0.1) is 0 Å². The van der Waals surface area contributed by atoms with Crippen molar-refractivity contribution in [1.82, 2.24) is 20.1 Å². The van der Waals surface area contributed by atoms with E-state index in [0.29, 0.717) is 17.8 Å². The molecule has 5 heteroatoms. The highest BCUT2D eigenvalue weighted by atomic mass is 16.2. The van der Waals surface area contributed by atoms with Gasteiger partial charge in [0, 0.05) is 19.0 Å². The van der Waals surface area contributed by atoms with Crippen LogP contribution in [0.5, 0.6) is 0 Å². The van der Waals surface area contributed by atoms with E-state index in [1.54, 1.807) is 0 Å². The molecule has 1 N–H and O–H groups in total. The maximum absolute atomic E-state index is 12.4. The molecule has 2 saturated carbocycles. The summed E-state index contributed by atoms with van der Waals surface area (Å²) in [5.41, 5.74) is 0. The summed E-state index contributed by atoms with van der Waals surface area (Å²) in [5, 5.41) is 7.01. The van der Waals surface area contributed by atoms with Crippen LogP contribution >= 0.6 is 0 Å². The van der Waals surface area contributed by atoms with Crippen LogP contribution < -0.4 is 0 Å². The van der Waals surface area contributed by atoms with Gasteiger partial charge in [0.1, 0.15) is 5.82 Å². The number of amides is 1. The normalized spacial score (nSPS) is 26.5. The second-order valence-electron chi connectivity index (χ2n) is 6.32. The van der Waals surface area contributed by atoms with Gasteiger partial charge in [0.25, 0.3) is 5.91 Å². The lowest BCUT2D eigenvalue weighted by molar-refractivity contribution is 0.0663. The Bertz CT molecular complexity index is 472. The molecule has 0 unspecified atom stereocenters. The van der Waals surface area contributed by atoms with Crippen molar-refractivity contribution in [2.24, 2.45) is 5.92 Å². The van der Waals surface area contributed by atoms with Crippen LogP contribution in [0.3, 0.4) is 0 Å². The lowest BCUT2D eigenvalue weighted by Crippen LogP contribution is -2.39. The molecule has 0 radical (unpaired) electrons. The van der Waals surface area contributed by atoms with Gasteiger partial charge in [0.2, 0.25) is 5.82 Å². The van der Waals surface area contributed by atoms with E-state index in [2.05, 4.69) is 22.1 Å². The van der Waals surface area contributed by atoms with E-state index in [4.69, 9.17) is 0 Å². The average Bonchev–Trinajstić information content (AvgIpc) is 3.23. The first kappa shape index (κ1) is 13.6. The molecule has 0 aromatic carbocycles. The van der Waals surface area contributed by atoms with Crippen LogP contribution in [0.15, 0.2) is 0 Å². The molecule has 2 aliphatic rings. The van der Waals surface area contributed by atoms with Crippen molar-refractivity contribution in [3.05, 3.63) is 11.6 Å². The van der Waals surface area contributed by atoms with Gasteiger partial charge in [-0.15, -0.1) is 5.10 Å². The number of aromatic amines is 1. The Morgan fingerprint density at radius 1 is 1.25 bits per heavy atom. The number of H-pyrrole nitrogens is 1. The summed E-state index contributed by atoms with van der Waals surface area (Å²) in [6.45, 7) is 2.26. The lowest BCUT2D eigenvalue weighted by Gasteiger charge is -2.33. The highest BCUT2D eigenvalue weighted by Crippen LogP contribution is 2.37. The molecule has 0 aliphatic heterocycles. The molecule has 2 fully saturated rings. The van der Waals surface area contributed by atoms with Crippen molar-refractivity contribution in [3.63, 3.8) is 0 Å². The first-order chi connectivity index (χ1) is 9.69. The summed E-state index contributed by atoms with van der Waals surface area (Å²) in [6.07, 6.45) is 8.29. The number of aromatic nitrogens is 3. The van der Waals surface area contributed by atoms with Crippen molar-refractivity contribution in [3.8, 4) is 0 Å². The molecule has 1 aromatic heterocycles. The SMILES string of the molecule is CCC1CCC(N(C)C(=O)c2n[nH]c(C3CC3)n2)CC1. The Hall–Kier alpha value is -1.39. The molecule has 1 amide bonds. The monoisotopic (exact) mass is 276 g/mol. The van der Waals surface area contributed by atoms with E-state index in [-0.39, 0.29) is 5.91 Å². The molecule has 3 rings (SSSR count). The Labute approximate surface area is 120 Å². The van der Waals surface area contributed by atoms with Gasteiger partial charge < -0.3 is 4.90 Å². The van der Waals surface area contributed by atoms with E-state index < -0.39 is 0 Å². The van der Waals surface area contributed by atoms with Crippen molar-refractivity contribution in [1.29, 1.82) is 0 Å². The molecular weight excluding hydrogens is 252 g/mol. The minimum absolute atomic E-state index is 0.0342. The minimum atomic E-state index is -0.0342. The van der Waals surface area contributed by atoms with Crippen LogP contribution in [0.1, 0.15) is 74.2 Å². The summed E-state index contributed by atoms with van der Waals surface area (Å²) in [7, 11) is 1.90. The summed E-state index contributed by atoms with van der Waals surface area (Å²) in [5.74, 6) is 2.55. The number of hydrogen-bond acceptors (Lipinski definition) is 3. The maximum atomic E-state index is 12.4. The summed E-state index contributed by atoms with van der Waals surface area (Å²) < 4.78 is 0. The third-order valence-corrected chi connectivity index (χ3v) is 4.92. The van der Waals surface area contributed by atoms with E-state index >= 15 is 0 Å². The zero-order chi connectivity index (χ0) is 14.1. The zero-order valence-electron chi connectivity index (χ0n) is 12.4. The molecule has 0 saturated heterocycles. The number of nitrogens with one attached hydrogen (secondary N) is 1. The third-order valence-electron chi connectivity index (χ3n) is 4.92. The highest BCUT2D eigenvalue weighted by molar-refractivity contribution is 5.90. The van der Waals surface area contributed by atoms with Gasteiger partial charge in [-0.1, -0.05) is 13.3 Å². The molecule has 20 heavy (non-hydrogen) atoms. The van der Waals surface area contributed by atoms with Crippen molar-refractivity contribution in [2.45, 2.75) is 63.8 Å². The smallest absolute Gasteiger partial charge is 0.293 e. The van der Waals surface area contributed by atoms with Crippen LogP contribution in [0.2, 0.25) is 0 Å². The molecule has 0 atom stereocenters. The largest absolute Gasteiger partial charge is 0.336 e. The number of hydrogen-bond donors (Lipinski definition) is 1. The summed E-state index contributed by atoms with van der Waals surface area (Å²) in [6, 6.07) is 0.355. The molecule has 5 nitrogen and oxygen atoms in total. The van der Waals surface area contributed by atoms with Gasteiger partial charge >= 0.3 is 0 Å². The Balaban J connectivity index is 1.60. The topological polar surface area (TPSA) is 61.9 Å². The second kappa shape index (κ2) is 5.54. The lowest BCUT2D eigenvalue weighted by atomic mass is 9.84. The van der Waals surface area contributed by atoms with E-state index in [1.807, 2.05) is 11.9 Å². The average molecular weight is 276 g/mol. The first-order valence-corrected chi connectivity index (χ1v) is 7.88. The molecule has 0 bridgehead atoms. The van der Waals surface area contributed by atoms with Gasteiger partial charge in [-0.3, -0.25) is 9.89 Å². The molecular formula is C15H24N4O. The van der Waals surface area contributed by atoms with Crippen LogP contribution in [0, 0.1) is 5.92 Å². The summed E-state index contributed by atoms with van der Waals surface area (Å²) >= 11 is 0. The standard InChI is InChI=1S/C15H24N4O/c1-3-10-4-8-12(9-5-10)19(2)15(20)14-16-13(17-18-14)11-6-7-11/h10-12H,3-9H2,1-2H3,(H,16,17,18). The molecule has 0 spiro atoms. The number of nitrogens with zero attached hydrogens (tertiary/aromatic N) is 3. The van der Waals surface area contributed by atoms with Gasteiger partial charge in [-0.05, 0) is 44.4 Å². The number of rotatable bonds is 4. The Morgan fingerprint density at radius 2 is 1.95 bits per heavy atom. The predicted octanol–water partition coefficient (Wildman–Crippen LogP) is 2.72. The second-order valence-corrected chi connectivity index (χ2v) is 6.32. The van der Waals surface area contributed by atoms with Crippen LogP contribution in [-0.2, 0) is 0 Å². The van der Waals surface area contributed by atoms with Gasteiger partial charge in [-0.25, -0.2) is 4.98 Å². The van der Waals surface area contributed by atoms with Crippen molar-refractivity contribution in [2.75, 3.05) is 7.05 Å².